The number of rotatable bonds is 3. The number of piperidine rings is 1. The number of aromatic nitrogens is 4. The van der Waals surface area contributed by atoms with Gasteiger partial charge in [0.15, 0.2) is 0 Å². The summed E-state index contributed by atoms with van der Waals surface area (Å²) in [5.41, 5.74) is 1.95. The monoisotopic (exact) mass is 341 g/mol. The second-order valence-electron chi connectivity index (χ2n) is 7.08. The van der Waals surface area contributed by atoms with E-state index < -0.39 is 0 Å². The summed E-state index contributed by atoms with van der Waals surface area (Å²) in [6.45, 7) is 4.61. The van der Waals surface area contributed by atoms with Gasteiger partial charge in [-0.2, -0.15) is 10.1 Å². The van der Waals surface area contributed by atoms with Gasteiger partial charge in [-0.15, -0.1) is 0 Å². The molecule has 2 aromatic heterocycles. The molecule has 1 atom stereocenters. The van der Waals surface area contributed by atoms with Crippen LogP contribution in [0.3, 0.4) is 0 Å². The van der Waals surface area contributed by atoms with Crippen molar-refractivity contribution in [3.05, 3.63) is 45.9 Å². The minimum Gasteiger partial charge on any atom is -0.340 e. The summed E-state index contributed by atoms with van der Waals surface area (Å²) in [6.07, 6.45) is 7.52. The summed E-state index contributed by atoms with van der Waals surface area (Å²) < 4.78 is 3.88. The number of hydrogen-bond acceptors (Lipinski definition) is 4. The van der Waals surface area contributed by atoms with Crippen LogP contribution in [0.15, 0.2) is 23.3 Å². The lowest BCUT2D eigenvalue weighted by Gasteiger charge is -2.34. The molecule has 1 amide bonds. The van der Waals surface area contributed by atoms with Gasteiger partial charge in [0.25, 0.3) is 5.56 Å². The van der Waals surface area contributed by atoms with E-state index >= 15 is 0 Å². The highest BCUT2D eigenvalue weighted by molar-refractivity contribution is 5.76. The second kappa shape index (κ2) is 6.46. The molecular formula is C18H23N5O2. The lowest BCUT2D eigenvalue weighted by Crippen LogP contribution is -2.41. The highest BCUT2D eigenvalue weighted by atomic mass is 16.2. The molecule has 25 heavy (non-hydrogen) atoms. The third-order valence-electron chi connectivity index (χ3n) is 5.17. The zero-order chi connectivity index (χ0) is 17.4. The Hall–Kier alpha value is -2.44. The van der Waals surface area contributed by atoms with Crippen molar-refractivity contribution in [2.75, 3.05) is 13.1 Å². The number of likely N-dealkylation sites (tertiary alicyclic amines) is 1. The van der Waals surface area contributed by atoms with Gasteiger partial charge >= 0.3 is 0 Å². The predicted molar refractivity (Wildman–Crippen MR) is 92.3 cm³/mol. The van der Waals surface area contributed by atoms with Crippen molar-refractivity contribution >= 4 is 5.91 Å². The van der Waals surface area contributed by atoms with E-state index in [2.05, 4.69) is 14.6 Å². The molecule has 4 heterocycles. The van der Waals surface area contributed by atoms with E-state index in [0.717, 1.165) is 55.9 Å². The summed E-state index contributed by atoms with van der Waals surface area (Å²) in [4.78, 5) is 30.6. The smallest absolute Gasteiger partial charge is 0.273 e. The zero-order valence-electron chi connectivity index (χ0n) is 14.5. The number of nitrogens with zero attached hydrogens (tertiary/aromatic N) is 5. The molecule has 0 spiro atoms. The van der Waals surface area contributed by atoms with Crippen LogP contribution in [0.25, 0.3) is 0 Å². The maximum absolute atomic E-state index is 12.6. The number of aryl methyl sites for hydroxylation is 2. The molecule has 0 unspecified atom stereocenters. The van der Waals surface area contributed by atoms with E-state index in [1.54, 1.807) is 16.9 Å². The lowest BCUT2D eigenvalue weighted by atomic mass is 9.94. The van der Waals surface area contributed by atoms with Crippen LogP contribution in [0.1, 0.15) is 42.3 Å². The van der Waals surface area contributed by atoms with E-state index in [4.69, 9.17) is 0 Å². The molecule has 132 valence electrons. The molecule has 0 radical (unpaired) electrons. The summed E-state index contributed by atoms with van der Waals surface area (Å²) in [5.74, 6) is 1.20. The topological polar surface area (TPSA) is 73.0 Å². The van der Waals surface area contributed by atoms with Gasteiger partial charge in [-0.05, 0) is 31.7 Å². The largest absolute Gasteiger partial charge is 0.340 e. The molecule has 0 N–H and O–H groups in total. The Morgan fingerprint density at radius 3 is 3.00 bits per heavy atom. The van der Waals surface area contributed by atoms with E-state index in [-0.39, 0.29) is 23.9 Å². The molecule has 4 rings (SSSR count). The Balaban J connectivity index is 1.52. The normalized spacial score (nSPS) is 19.9. The number of carbonyl (C=O) groups is 1. The van der Waals surface area contributed by atoms with Crippen LogP contribution >= 0.6 is 0 Å². The fraction of sp³-hybridized carbons (Fsp3) is 0.556. The Labute approximate surface area is 146 Å². The molecule has 2 aliphatic heterocycles. The van der Waals surface area contributed by atoms with Crippen LogP contribution in [0.5, 0.6) is 0 Å². The average Bonchev–Trinajstić information content (AvgIpc) is 3.23. The van der Waals surface area contributed by atoms with Crippen LogP contribution in [0.4, 0.5) is 0 Å². The maximum Gasteiger partial charge on any atom is 0.273 e. The third kappa shape index (κ3) is 3.23. The highest BCUT2D eigenvalue weighted by Crippen LogP contribution is 2.28. The van der Waals surface area contributed by atoms with E-state index in [0.29, 0.717) is 6.54 Å². The van der Waals surface area contributed by atoms with Crippen LogP contribution in [-0.4, -0.2) is 43.2 Å². The van der Waals surface area contributed by atoms with Crippen molar-refractivity contribution in [1.29, 1.82) is 0 Å². The minimum atomic E-state index is -0.154. The Kier molecular flexibility index (Phi) is 4.15. The van der Waals surface area contributed by atoms with Crippen molar-refractivity contribution in [2.24, 2.45) is 0 Å². The fourth-order valence-electron chi connectivity index (χ4n) is 3.99. The minimum absolute atomic E-state index is 0.0887. The van der Waals surface area contributed by atoms with Crippen LogP contribution in [-0.2, 0) is 24.3 Å². The van der Waals surface area contributed by atoms with Crippen molar-refractivity contribution in [3.63, 3.8) is 0 Å². The van der Waals surface area contributed by atoms with Crippen molar-refractivity contribution in [1.82, 2.24) is 24.2 Å². The standard InChI is InChI=1S/C18H23N5O2/c1-13-9-19-22(10-13)12-18(25)21-6-2-4-14(11-21)15-8-17(24)20-16-5-3-7-23(15)16/h8-10,14H,2-7,11-12H2,1H3/t14-/m1/s1. The highest BCUT2D eigenvalue weighted by Gasteiger charge is 2.28. The molecule has 1 fully saturated rings. The molecule has 0 aliphatic carbocycles. The summed E-state index contributed by atoms with van der Waals surface area (Å²) in [7, 11) is 0. The molecule has 7 heteroatoms. The molecule has 7 nitrogen and oxygen atoms in total. The lowest BCUT2D eigenvalue weighted by molar-refractivity contribution is -0.133. The predicted octanol–water partition coefficient (Wildman–Crippen LogP) is 1.10. The van der Waals surface area contributed by atoms with Gasteiger partial charge in [0.05, 0.1) is 6.20 Å². The second-order valence-corrected chi connectivity index (χ2v) is 7.08. The first kappa shape index (κ1) is 16.1. The molecular weight excluding hydrogens is 318 g/mol. The van der Waals surface area contributed by atoms with Gasteiger partial charge in [-0.25, -0.2) is 0 Å². The number of fused-ring (bicyclic) bond motifs is 1. The molecule has 2 aromatic rings. The van der Waals surface area contributed by atoms with Gasteiger partial charge in [-0.1, -0.05) is 0 Å². The maximum atomic E-state index is 12.6. The first-order chi connectivity index (χ1) is 12.1. The van der Waals surface area contributed by atoms with E-state index in [9.17, 15) is 9.59 Å². The SMILES string of the molecule is Cc1cnn(CC(=O)N2CCC[C@@H](c3cc(=O)nc4n3CCC4)C2)c1. The molecule has 0 saturated carbocycles. The average molecular weight is 341 g/mol. The van der Waals surface area contributed by atoms with E-state index in [1.807, 2.05) is 18.0 Å². The number of hydrogen-bond donors (Lipinski definition) is 0. The summed E-state index contributed by atoms with van der Waals surface area (Å²) in [5, 5.41) is 4.20. The molecule has 0 aromatic carbocycles. The number of carbonyl (C=O) groups excluding carboxylic acids is 1. The molecule has 2 aliphatic rings. The molecule has 1 saturated heterocycles. The Morgan fingerprint density at radius 2 is 2.20 bits per heavy atom. The van der Waals surface area contributed by atoms with Crippen molar-refractivity contribution in [2.45, 2.75) is 51.6 Å². The Morgan fingerprint density at radius 1 is 1.32 bits per heavy atom. The van der Waals surface area contributed by atoms with E-state index in [1.165, 1.54) is 0 Å². The first-order valence-corrected chi connectivity index (χ1v) is 8.97. The van der Waals surface area contributed by atoms with Gasteiger partial charge in [0, 0.05) is 49.9 Å². The Bertz CT molecular complexity index is 853. The van der Waals surface area contributed by atoms with Gasteiger partial charge in [0.1, 0.15) is 12.4 Å². The van der Waals surface area contributed by atoms with Crippen LogP contribution in [0.2, 0.25) is 0 Å². The zero-order valence-corrected chi connectivity index (χ0v) is 14.5. The first-order valence-electron chi connectivity index (χ1n) is 8.97. The van der Waals surface area contributed by atoms with Crippen LogP contribution in [0, 0.1) is 6.92 Å². The van der Waals surface area contributed by atoms with Gasteiger partial charge in [-0.3, -0.25) is 14.3 Å². The van der Waals surface area contributed by atoms with Crippen molar-refractivity contribution < 1.29 is 4.79 Å². The van der Waals surface area contributed by atoms with Crippen molar-refractivity contribution in [3.8, 4) is 0 Å². The van der Waals surface area contributed by atoms with Gasteiger partial charge in [0.2, 0.25) is 5.91 Å². The van der Waals surface area contributed by atoms with Gasteiger partial charge < -0.3 is 9.47 Å². The summed E-state index contributed by atoms with van der Waals surface area (Å²) in [6, 6.07) is 1.67. The summed E-state index contributed by atoms with van der Waals surface area (Å²) >= 11 is 0. The quantitative estimate of drug-likeness (QED) is 0.838. The third-order valence-corrected chi connectivity index (χ3v) is 5.17. The number of amides is 1. The van der Waals surface area contributed by atoms with Crippen LogP contribution < -0.4 is 5.56 Å². The fourth-order valence-corrected chi connectivity index (χ4v) is 3.99. The molecule has 0 bridgehead atoms.